The highest BCUT2D eigenvalue weighted by Crippen LogP contribution is 2.29. The van der Waals surface area contributed by atoms with Crippen molar-refractivity contribution in [2.24, 2.45) is 5.73 Å². The van der Waals surface area contributed by atoms with Crippen LogP contribution in [-0.4, -0.2) is 36.7 Å². The molecule has 0 spiro atoms. The quantitative estimate of drug-likeness (QED) is 0.232. The van der Waals surface area contributed by atoms with E-state index in [1.54, 1.807) is 36.5 Å². The summed E-state index contributed by atoms with van der Waals surface area (Å²) in [7, 11) is 2.57. The van der Waals surface area contributed by atoms with Crippen LogP contribution in [0.2, 0.25) is 0 Å². The molecule has 0 bridgehead atoms. The van der Waals surface area contributed by atoms with Gasteiger partial charge in [-0.1, -0.05) is 36.4 Å². The van der Waals surface area contributed by atoms with Gasteiger partial charge >= 0.3 is 0 Å². The lowest BCUT2D eigenvalue weighted by atomic mass is 10.0. The third-order valence-electron chi connectivity index (χ3n) is 5.30. The van der Waals surface area contributed by atoms with E-state index in [4.69, 9.17) is 5.73 Å². The topological polar surface area (TPSA) is 154 Å². The number of carbonyl (C=O) groups is 2. The normalized spacial score (nSPS) is 11.8. The maximum absolute atomic E-state index is 13.0. The van der Waals surface area contributed by atoms with Crippen LogP contribution in [0, 0.1) is 0 Å². The summed E-state index contributed by atoms with van der Waals surface area (Å²) >= 11 is 0. The monoisotopic (exact) mass is 484 g/mol. The van der Waals surface area contributed by atoms with Gasteiger partial charge < -0.3 is 15.7 Å². The number of benzene rings is 2. The maximum Gasteiger partial charge on any atom is 0.276 e. The highest BCUT2D eigenvalue weighted by molar-refractivity contribution is 7.17. The number of imidazole rings is 2. The fourth-order valence-corrected chi connectivity index (χ4v) is 3.98. The average Bonchev–Trinajstić information content (AvgIpc) is 3.53. The minimum absolute atomic E-state index is 0.197. The molecule has 0 fully saturated rings. The SMILES string of the molecule is NC(P)c1ccccc1-c1cccc(C(=O)Nc2nc3c(C(=O)Nc4ncc[nH]4)cccc3[nH]2)n1. The van der Waals surface area contributed by atoms with Crippen molar-refractivity contribution < 1.29 is 9.59 Å². The summed E-state index contributed by atoms with van der Waals surface area (Å²) in [6.07, 6.45) is 3.14. The zero-order valence-electron chi connectivity index (χ0n) is 18.3. The fourth-order valence-electron chi connectivity index (χ4n) is 3.69. The van der Waals surface area contributed by atoms with Crippen molar-refractivity contribution in [3.63, 3.8) is 0 Å². The summed E-state index contributed by atoms with van der Waals surface area (Å²) in [5.74, 6) is -0.565. The molecule has 6 N–H and O–H groups in total. The van der Waals surface area contributed by atoms with E-state index in [1.165, 1.54) is 6.20 Å². The molecule has 5 rings (SSSR count). The van der Waals surface area contributed by atoms with Crippen molar-refractivity contribution >= 4 is 44.0 Å². The molecule has 2 amide bonds. The third-order valence-corrected chi connectivity index (χ3v) is 5.66. The molecule has 2 aromatic carbocycles. The van der Waals surface area contributed by atoms with Crippen molar-refractivity contribution in [1.29, 1.82) is 0 Å². The molecule has 174 valence electrons. The van der Waals surface area contributed by atoms with Crippen LogP contribution in [0.15, 0.2) is 73.1 Å². The van der Waals surface area contributed by atoms with Gasteiger partial charge in [0.15, 0.2) is 0 Å². The molecule has 2 atom stereocenters. The molecule has 0 aliphatic rings. The van der Waals surface area contributed by atoms with Crippen molar-refractivity contribution in [3.05, 3.63) is 89.9 Å². The Morgan fingerprint density at radius 3 is 2.51 bits per heavy atom. The van der Waals surface area contributed by atoms with Gasteiger partial charge in [0.1, 0.15) is 11.2 Å². The molecule has 11 heteroatoms. The van der Waals surface area contributed by atoms with Crippen molar-refractivity contribution in [2.45, 2.75) is 5.78 Å². The Labute approximate surface area is 202 Å². The van der Waals surface area contributed by atoms with Crippen LogP contribution in [0.5, 0.6) is 0 Å². The summed E-state index contributed by atoms with van der Waals surface area (Å²) in [4.78, 5) is 44.5. The maximum atomic E-state index is 13.0. The van der Waals surface area contributed by atoms with Gasteiger partial charge in [0.05, 0.1) is 16.8 Å². The lowest BCUT2D eigenvalue weighted by molar-refractivity contribution is 0.101. The Morgan fingerprint density at radius 2 is 1.71 bits per heavy atom. The first-order chi connectivity index (χ1) is 17.0. The number of rotatable bonds is 6. The predicted molar refractivity (Wildman–Crippen MR) is 137 cm³/mol. The number of hydrogen-bond acceptors (Lipinski definition) is 6. The number of fused-ring (bicyclic) bond motifs is 1. The van der Waals surface area contributed by atoms with Gasteiger partial charge in [0.25, 0.3) is 11.8 Å². The summed E-state index contributed by atoms with van der Waals surface area (Å²) in [6.45, 7) is 0. The average molecular weight is 484 g/mol. The number of carbonyl (C=O) groups excluding carboxylic acids is 2. The van der Waals surface area contributed by atoms with Gasteiger partial charge in [-0.3, -0.25) is 20.2 Å². The van der Waals surface area contributed by atoms with Crippen LogP contribution < -0.4 is 16.4 Å². The number of nitrogens with one attached hydrogen (secondary N) is 4. The van der Waals surface area contributed by atoms with Crippen molar-refractivity contribution in [1.82, 2.24) is 24.9 Å². The van der Waals surface area contributed by atoms with Gasteiger partial charge in [-0.15, -0.1) is 9.24 Å². The van der Waals surface area contributed by atoms with Crippen LogP contribution >= 0.6 is 9.24 Å². The molecule has 2 unspecified atom stereocenters. The first-order valence-corrected chi connectivity index (χ1v) is 11.3. The molecule has 0 saturated heterocycles. The number of hydrogen-bond donors (Lipinski definition) is 5. The van der Waals surface area contributed by atoms with E-state index < -0.39 is 5.91 Å². The fraction of sp³-hybridized carbons (Fsp3) is 0.0417. The number of aromatic amines is 2. The van der Waals surface area contributed by atoms with E-state index in [9.17, 15) is 9.59 Å². The van der Waals surface area contributed by atoms with Gasteiger partial charge in [-0.25, -0.2) is 15.0 Å². The standard InChI is InChI=1S/C24H21N8O2P/c25-20(35)14-6-2-1-5-13(14)16-8-4-10-18(28-16)22(34)32-24-29-17-9-3-7-15(19(17)30-24)21(33)31-23-26-11-12-27-23/h1-12,20H,25,35H2,(H2,26,27,31,33)(H2,29,30,32,34). The Morgan fingerprint density at radius 1 is 0.914 bits per heavy atom. The van der Waals surface area contributed by atoms with E-state index >= 15 is 0 Å². The molecular weight excluding hydrogens is 463 g/mol. The van der Waals surface area contributed by atoms with E-state index in [0.717, 1.165) is 11.1 Å². The number of nitrogens with two attached hydrogens (primary N) is 1. The Bertz CT molecular complexity index is 1530. The molecule has 0 aliphatic heterocycles. The molecule has 0 aliphatic carbocycles. The summed E-state index contributed by atoms with van der Waals surface area (Å²) < 4.78 is 0. The molecule has 10 nitrogen and oxygen atoms in total. The zero-order valence-corrected chi connectivity index (χ0v) is 19.5. The van der Waals surface area contributed by atoms with Gasteiger partial charge in [0.2, 0.25) is 11.9 Å². The summed E-state index contributed by atoms with van der Waals surface area (Å²) in [6, 6.07) is 18.0. The van der Waals surface area contributed by atoms with Gasteiger partial charge in [-0.05, 0) is 29.8 Å². The summed E-state index contributed by atoms with van der Waals surface area (Å²) in [5.41, 5.74) is 10.0. The second-order valence-corrected chi connectivity index (χ2v) is 8.37. The second kappa shape index (κ2) is 9.46. The molecule has 0 saturated carbocycles. The van der Waals surface area contributed by atoms with Crippen LogP contribution in [0.4, 0.5) is 11.9 Å². The third kappa shape index (κ3) is 4.65. The van der Waals surface area contributed by atoms with Crippen LogP contribution in [-0.2, 0) is 0 Å². The van der Waals surface area contributed by atoms with E-state index in [0.29, 0.717) is 28.2 Å². The second-order valence-electron chi connectivity index (χ2n) is 7.65. The lowest BCUT2D eigenvalue weighted by Gasteiger charge is -2.12. The predicted octanol–water partition coefficient (Wildman–Crippen LogP) is 3.68. The van der Waals surface area contributed by atoms with Crippen LogP contribution in [0.1, 0.15) is 32.2 Å². The molecule has 0 radical (unpaired) electrons. The minimum atomic E-state index is -0.444. The number of anilines is 2. The molecular formula is C24H21N8O2P. The highest BCUT2D eigenvalue weighted by Gasteiger charge is 2.17. The highest BCUT2D eigenvalue weighted by atomic mass is 31.0. The van der Waals surface area contributed by atoms with E-state index in [-0.39, 0.29) is 23.3 Å². The Balaban J connectivity index is 1.40. The minimum Gasteiger partial charge on any atom is -0.331 e. The van der Waals surface area contributed by atoms with Crippen LogP contribution in [0.25, 0.3) is 22.3 Å². The van der Waals surface area contributed by atoms with Crippen LogP contribution in [0.3, 0.4) is 0 Å². The Kier molecular flexibility index (Phi) is 6.05. The zero-order chi connectivity index (χ0) is 24.4. The first-order valence-electron chi connectivity index (χ1n) is 10.7. The molecule has 35 heavy (non-hydrogen) atoms. The van der Waals surface area contributed by atoms with E-state index in [1.807, 2.05) is 30.3 Å². The number of nitrogens with zero attached hydrogens (tertiary/aromatic N) is 3. The van der Waals surface area contributed by atoms with E-state index in [2.05, 4.69) is 44.8 Å². The van der Waals surface area contributed by atoms with Gasteiger partial charge in [0, 0.05) is 23.7 Å². The van der Waals surface area contributed by atoms with Crippen molar-refractivity contribution in [2.75, 3.05) is 10.6 Å². The first kappa shape index (κ1) is 22.4. The largest absolute Gasteiger partial charge is 0.331 e. The summed E-state index contributed by atoms with van der Waals surface area (Å²) in [5, 5.41) is 5.40. The van der Waals surface area contributed by atoms with Crippen molar-refractivity contribution in [3.8, 4) is 11.3 Å². The number of amides is 2. The molecule has 5 aromatic rings. The lowest BCUT2D eigenvalue weighted by Crippen LogP contribution is -2.15. The van der Waals surface area contributed by atoms with Gasteiger partial charge in [-0.2, -0.15) is 0 Å². The molecule has 3 aromatic heterocycles. The smallest absolute Gasteiger partial charge is 0.276 e. The number of H-pyrrole nitrogens is 2. The number of pyridine rings is 1. The Hall–Kier alpha value is -4.40. The number of para-hydroxylation sites is 1. The number of aromatic nitrogens is 5. The molecule has 3 heterocycles.